The van der Waals surface area contributed by atoms with Crippen molar-refractivity contribution in [2.24, 2.45) is 0 Å². The van der Waals surface area contributed by atoms with Crippen LogP contribution in [-0.4, -0.2) is 40.0 Å². The van der Waals surface area contributed by atoms with Gasteiger partial charge in [0.15, 0.2) is 5.58 Å². The number of furan rings is 1. The third-order valence-electron chi connectivity index (χ3n) is 4.23. The van der Waals surface area contributed by atoms with E-state index in [1.165, 1.54) is 12.3 Å². The molecule has 2 aliphatic heterocycles. The van der Waals surface area contributed by atoms with Gasteiger partial charge >= 0.3 is 0 Å². The molecule has 25 heavy (non-hydrogen) atoms. The molecule has 3 amide bonds. The van der Waals surface area contributed by atoms with E-state index < -0.39 is 11.1 Å². The molecule has 8 heteroatoms. The molecule has 0 bridgehead atoms. The molecule has 2 aliphatic rings. The number of fused-ring (bicyclic) bond motifs is 1. The Morgan fingerprint density at radius 3 is 2.76 bits per heavy atom. The molecule has 4 rings (SSSR count). The molecular weight excluding hydrogens is 342 g/mol. The number of piperidine rings is 1. The number of aromatic nitrogens is 1. The number of hydrogen-bond acceptors (Lipinski definition) is 6. The number of pyridine rings is 1. The molecule has 7 nitrogen and oxygen atoms in total. The zero-order valence-electron chi connectivity index (χ0n) is 13.3. The van der Waals surface area contributed by atoms with Gasteiger partial charge in [0.05, 0.1) is 4.91 Å². The molecule has 0 atom stereocenters. The van der Waals surface area contributed by atoms with Gasteiger partial charge in [-0.15, -0.1) is 0 Å². The number of carbonyl (C=O) groups is 3. The lowest BCUT2D eigenvalue weighted by Gasteiger charge is -2.26. The molecular formula is C17H15N3O4S. The second kappa shape index (κ2) is 6.36. The first-order valence-corrected chi connectivity index (χ1v) is 8.85. The fraction of sp³-hybridized carbons (Fsp3) is 0.294. The second-order valence-corrected chi connectivity index (χ2v) is 6.97. The van der Waals surface area contributed by atoms with Gasteiger partial charge in [-0.2, -0.15) is 0 Å². The third-order valence-corrected chi connectivity index (χ3v) is 5.04. The first-order chi connectivity index (χ1) is 12.1. The van der Waals surface area contributed by atoms with Crippen LogP contribution >= 0.6 is 11.8 Å². The topological polar surface area (TPSA) is 92.5 Å². The number of hydrogen-bond donors (Lipinski definition) is 1. The Morgan fingerprint density at radius 1 is 1.24 bits per heavy atom. The van der Waals surface area contributed by atoms with Crippen molar-refractivity contribution in [3.8, 4) is 0 Å². The van der Waals surface area contributed by atoms with Crippen LogP contribution in [0, 0.1) is 0 Å². The maximum Gasteiger partial charge on any atom is 0.290 e. The van der Waals surface area contributed by atoms with Gasteiger partial charge in [-0.05, 0) is 37.1 Å². The number of nitrogens with one attached hydrogen (secondary N) is 1. The molecule has 0 aromatic carbocycles. The summed E-state index contributed by atoms with van der Waals surface area (Å²) in [7, 11) is 0. The van der Waals surface area contributed by atoms with Crippen LogP contribution in [0.25, 0.3) is 17.0 Å². The lowest BCUT2D eigenvalue weighted by molar-refractivity contribution is -0.115. The minimum absolute atomic E-state index is 0.0884. The minimum Gasteiger partial charge on any atom is -0.456 e. The molecule has 0 radical (unpaired) electrons. The summed E-state index contributed by atoms with van der Waals surface area (Å²) in [5, 5.41) is 2.47. The van der Waals surface area contributed by atoms with Crippen LogP contribution in [0.2, 0.25) is 0 Å². The zero-order valence-corrected chi connectivity index (χ0v) is 14.1. The summed E-state index contributed by atoms with van der Waals surface area (Å²) in [6.45, 7) is 1.48. The van der Waals surface area contributed by atoms with Gasteiger partial charge in [0.1, 0.15) is 11.3 Å². The average molecular weight is 357 g/mol. The van der Waals surface area contributed by atoms with Crippen molar-refractivity contribution in [3.05, 3.63) is 34.7 Å². The summed E-state index contributed by atoms with van der Waals surface area (Å²) < 4.78 is 5.79. The SMILES string of the molecule is O=C1NC(=O)/C(=C\c2cc3cncc(C(=O)N4CCCCC4)c3o2)S1. The molecule has 2 fully saturated rings. The van der Waals surface area contributed by atoms with Crippen LogP contribution in [0.1, 0.15) is 35.4 Å². The summed E-state index contributed by atoms with van der Waals surface area (Å²) in [5.41, 5.74) is 0.871. The lowest BCUT2D eigenvalue weighted by Crippen LogP contribution is -2.35. The highest BCUT2D eigenvalue weighted by molar-refractivity contribution is 8.18. The van der Waals surface area contributed by atoms with Crippen molar-refractivity contribution >= 4 is 45.9 Å². The van der Waals surface area contributed by atoms with E-state index in [1.807, 2.05) is 4.90 Å². The first-order valence-electron chi connectivity index (χ1n) is 8.03. The number of rotatable bonds is 2. The monoisotopic (exact) mass is 357 g/mol. The number of carbonyl (C=O) groups excluding carboxylic acids is 3. The van der Waals surface area contributed by atoms with Gasteiger partial charge in [-0.25, -0.2) is 0 Å². The van der Waals surface area contributed by atoms with Gasteiger partial charge in [-0.3, -0.25) is 24.7 Å². The van der Waals surface area contributed by atoms with Crippen molar-refractivity contribution in [3.63, 3.8) is 0 Å². The van der Waals surface area contributed by atoms with Crippen molar-refractivity contribution in [1.82, 2.24) is 15.2 Å². The fourth-order valence-corrected chi connectivity index (χ4v) is 3.69. The Kier molecular flexibility index (Phi) is 4.04. The van der Waals surface area contributed by atoms with Crippen molar-refractivity contribution in [2.45, 2.75) is 19.3 Å². The van der Waals surface area contributed by atoms with Gasteiger partial charge in [0, 0.05) is 36.9 Å². The van der Waals surface area contributed by atoms with Crippen LogP contribution in [0.15, 0.2) is 27.8 Å². The maximum absolute atomic E-state index is 12.8. The molecule has 0 aliphatic carbocycles. The largest absolute Gasteiger partial charge is 0.456 e. The standard InChI is InChI=1S/C17H15N3O4S/c21-15-13(25-17(23)19-15)7-11-6-10-8-18-9-12(14(10)24-11)16(22)20-4-2-1-3-5-20/h6-9H,1-5H2,(H,19,21,23)/b13-7+. The molecule has 0 spiro atoms. The number of likely N-dealkylation sites (tertiary alicyclic amines) is 1. The first kappa shape index (κ1) is 15.9. The number of amides is 3. The van der Waals surface area contributed by atoms with Crippen LogP contribution in [0.4, 0.5) is 4.79 Å². The predicted octanol–water partition coefficient (Wildman–Crippen LogP) is 2.78. The zero-order chi connectivity index (χ0) is 17.4. The van der Waals surface area contributed by atoms with E-state index in [0.717, 1.165) is 44.1 Å². The predicted molar refractivity (Wildman–Crippen MR) is 92.9 cm³/mol. The number of thioether (sulfide) groups is 1. The molecule has 1 N–H and O–H groups in total. The van der Waals surface area contributed by atoms with E-state index >= 15 is 0 Å². The highest BCUT2D eigenvalue weighted by atomic mass is 32.2. The van der Waals surface area contributed by atoms with Crippen LogP contribution < -0.4 is 5.32 Å². The van der Waals surface area contributed by atoms with Crippen LogP contribution in [0.3, 0.4) is 0 Å². The highest BCUT2D eigenvalue weighted by Crippen LogP contribution is 2.29. The van der Waals surface area contributed by atoms with E-state index in [1.54, 1.807) is 12.3 Å². The van der Waals surface area contributed by atoms with Crippen LogP contribution in [0.5, 0.6) is 0 Å². The van der Waals surface area contributed by atoms with E-state index in [2.05, 4.69) is 10.3 Å². The molecule has 2 aromatic rings. The van der Waals surface area contributed by atoms with Crippen molar-refractivity contribution < 1.29 is 18.8 Å². The Morgan fingerprint density at radius 2 is 2.04 bits per heavy atom. The van der Waals surface area contributed by atoms with Gasteiger partial charge < -0.3 is 9.32 Å². The normalized spacial score (nSPS) is 19.7. The van der Waals surface area contributed by atoms with E-state index in [4.69, 9.17) is 4.42 Å². The van der Waals surface area contributed by atoms with Crippen molar-refractivity contribution in [2.75, 3.05) is 13.1 Å². The van der Waals surface area contributed by atoms with E-state index in [9.17, 15) is 14.4 Å². The highest BCUT2D eigenvalue weighted by Gasteiger charge is 2.26. The Hall–Kier alpha value is -2.61. The van der Waals surface area contributed by atoms with Gasteiger partial charge in [0.25, 0.3) is 17.1 Å². The Balaban J connectivity index is 1.69. The summed E-state index contributed by atoms with van der Waals surface area (Å²) in [6, 6.07) is 1.71. The number of nitrogens with zero attached hydrogens (tertiary/aromatic N) is 2. The average Bonchev–Trinajstić information content (AvgIpc) is 3.17. The summed E-state index contributed by atoms with van der Waals surface area (Å²) >= 11 is 0.822. The summed E-state index contributed by atoms with van der Waals surface area (Å²) in [5.74, 6) is -0.129. The fourth-order valence-electron chi connectivity index (χ4n) is 3.02. The quantitative estimate of drug-likeness (QED) is 0.831. The molecule has 2 aromatic heterocycles. The molecule has 0 unspecified atom stereocenters. The van der Waals surface area contributed by atoms with E-state index in [0.29, 0.717) is 22.3 Å². The maximum atomic E-state index is 12.8. The van der Waals surface area contributed by atoms with Gasteiger partial charge in [0.2, 0.25) is 0 Å². The third kappa shape index (κ3) is 3.05. The Bertz CT molecular complexity index is 912. The number of imide groups is 1. The molecule has 2 saturated heterocycles. The molecule has 0 saturated carbocycles. The lowest BCUT2D eigenvalue weighted by atomic mass is 10.1. The van der Waals surface area contributed by atoms with E-state index in [-0.39, 0.29) is 10.8 Å². The molecule has 128 valence electrons. The van der Waals surface area contributed by atoms with Gasteiger partial charge in [-0.1, -0.05) is 0 Å². The van der Waals surface area contributed by atoms with Crippen molar-refractivity contribution in [1.29, 1.82) is 0 Å². The van der Waals surface area contributed by atoms with Crippen LogP contribution in [-0.2, 0) is 4.79 Å². The smallest absolute Gasteiger partial charge is 0.290 e. The Labute approximate surface area is 147 Å². The second-order valence-electron chi connectivity index (χ2n) is 5.96. The summed E-state index contributed by atoms with van der Waals surface area (Å²) in [6.07, 6.45) is 7.78. The minimum atomic E-state index is -0.446. The summed E-state index contributed by atoms with van der Waals surface area (Å²) in [4.78, 5) is 41.9. The molecule has 4 heterocycles.